The van der Waals surface area contributed by atoms with E-state index in [1.165, 1.54) is 10.5 Å². The Morgan fingerprint density at radius 3 is 2.12 bits per heavy atom. The van der Waals surface area contributed by atoms with Gasteiger partial charge in [-0.05, 0) is 47.6 Å². The van der Waals surface area contributed by atoms with E-state index in [1.54, 1.807) is 18.2 Å². The van der Waals surface area contributed by atoms with E-state index in [0.717, 1.165) is 0 Å². The molecule has 0 saturated carbocycles. The van der Waals surface area contributed by atoms with E-state index in [1.807, 2.05) is 45.0 Å². The lowest BCUT2D eigenvalue weighted by molar-refractivity contribution is -0.143. The van der Waals surface area contributed by atoms with Crippen LogP contribution in [0.4, 0.5) is 0 Å². The van der Waals surface area contributed by atoms with Gasteiger partial charge < -0.3 is 15.0 Å². The van der Waals surface area contributed by atoms with Crippen molar-refractivity contribution >= 4 is 35.0 Å². The van der Waals surface area contributed by atoms with Crippen molar-refractivity contribution in [1.29, 1.82) is 0 Å². The number of halogens is 2. The van der Waals surface area contributed by atoms with Crippen LogP contribution in [-0.4, -0.2) is 35.9 Å². The molecule has 0 saturated heterocycles. The maximum Gasteiger partial charge on any atom is 0.261 e. The summed E-state index contributed by atoms with van der Waals surface area (Å²) in [6, 6.07) is 12.2. The van der Waals surface area contributed by atoms with Gasteiger partial charge in [0, 0.05) is 28.7 Å². The molecular weight excluding hydrogens is 471 g/mol. The van der Waals surface area contributed by atoms with Crippen molar-refractivity contribution in [1.82, 2.24) is 10.2 Å². The Kier molecular flexibility index (Phi) is 10.3. The largest absolute Gasteiger partial charge is 0.484 e. The fraction of sp³-hybridized carbons (Fsp3) is 0.481. The molecule has 0 aliphatic rings. The standard InChI is InChI=1S/C27H36Cl2N2O3/c1-7-24(26(33)30-15-18(2)3)31(16-21-22(28)9-8-10-23(21)29)25(32)17-34-20-13-11-19(12-14-20)27(4,5)6/h8-14,18,24H,7,15-17H2,1-6H3,(H,30,33)/t24-/m0/s1. The summed E-state index contributed by atoms with van der Waals surface area (Å²) in [6.07, 6.45) is 0.442. The Hall–Kier alpha value is -2.24. The highest BCUT2D eigenvalue weighted by Crippen LogP contribution is 2.27. The number of rotatable bonds is 10. The first-order valence-corrected chi connectivity index (χ1v) is 12.4. The molecular formula is C27H36Cl2N2O3. The first-order chi connectivity index (χ1) is 15.9. The second kappa shape index (κ2) is 12.5. The number of carbonyl (C=O) groups excluding carboxylic acids is 2. The molecule has 2 aromatic carbocycles. The van der Waals surface area contributed by atoms with Crippen LogP contribution < -0.4 is 10.1 Å². The number of carbonyl (C=O) groups is 2. The van der Waals surface area contributed by atoms with E-state index < -0.39 is 6.04 Å². The average Bonchev–Trinajstić information content (AvgIpc) is 2.77. The van der Waals surface area contributed by atoms with Gasteiger partial charge in [-0.25, -0.2) is 0 Å². The van der Waals surface area contributed by atoms with Gasteiger partial charge in [0.2, 0.25) is 5.91 Å². The Morgan fingerprint density at radius 2 is 1.62 bits per heavy atom. The second-order valence-corrected chi connectivity index (χ2v) is 10.7. The third kappa shape index (κ3) is 7.92. The van der Waals surface area contributed by atoms with Crippen molar-refractivity contribution in [3.8, 4) is 5.75 Å². The molecule has 0 heterocycles. The molecule has 0 aliphatic carbocycles. The van der Waals surface area contributed by atoms with Crippen molar-refractivity contribution in [2.45, 2.75) is 66.0 Å². The fourth-order valence-corrected chi connectivity index (χ4v) is 3.99. The van der Waals surface area contributed by atoms with Gasteiger partial charge in [0.25, 0.3) is 5.91 Å². The Balaban J connectivity index is 2.24. The van der Waals surface area contributed by atoms with Crippen LogP contribution in [0.15, 0.2) is 42.5 Å². The van der Waals surface area contributed by atoms with Crippen LogP contribution in [0.3, 0.4) is 0 Å². The molecule has 5 nitrogen and oxygen atoms in total. The van der Waals surface area contributed by atoms with Gasteiger partial charge in [-0.2, -0.15) is 0 Å². The highest BCUT2D eigenvalue weighted by molar-refractivity contribution is 6.36. The lowest BCUT2D eigenvalue weighted by Gasteiger charge is -2.31. The molecule has 0 spiro atoms. The summed E-state index contributed by atoms with van der Waals surface area (Å²) in [5.74, 6) is 0.363. The van der Waals surface area contributed by atoms with Crippen LogP contribution in [0.25, 0.3) is 0 Å². The smallest absolute Gasteiger partial charge is 0.261 e. The first-order valence-electron chi connectivity index (χ1n) is 11.7. The van der Waals surface area contributed by atoms with Crippen molar-refractivity contribution in [3.05, 3.63) is 63.6 Å². The molecule has 0 fully saturated rings. The molecule has 0 bridgehead atoms. The Morgan fingerprint density at radius 1 is 1.03 bits per heavy atom. The minimum absolute atomic E-state index is 0.0249. The van der Waals surface area contributed by atoms with Crippen LogP contribution in [0.2, 0.25) is 10.0 Å². The zero-order chi connectivity index (χ0) is 25.5. The molecule has 34 heavy (non-hydrogen) atoms. The molecule has 1 N–H and O–H groups in total. The Bertz CT molecular complexity index is 949. The summed E-state index contributed by atoms with van der Waals surface area (Å²) >= 11 is 12.8. The van der Waals surface area contributed by atoms with Gasteiger partial charge in [0.15, 0.2) is 6.61 Å². The summed E-state index contributed by atoms with van der Waals surface area (Å²) in [4.78, 5) is 27.8. The quantitative estimate of drug-likeness (QED) is 0.414. The lowest BCUT2D eigenvalue weighted by Crippen LogP contribution is -2.50. The van der Waals surface area contributed by atoms with Crippen LogP contribution in [0.5, 0.6) is 5.75 Å². The molecule has 2 amide bonds. The summed E-state index contributed by atoms with van der Waals surface area (Å²) in [5.41, 5.74) is 1.80. The Labute approximate surface area is 213 Å². The molecule has 2 rings (SSSR count). The van der Waals surface area contributed by atoms with E-state index in [-0.39, 0.29) is 30.4 Å². The number of ether oxygens (including phenoxy) is 1. The van der Waals surface area contributed by atoms with E-state index in [0.29, 0.717) is 40.2 Å². The molecule has 1 atom stereocenters. The first kappa shape index (κ1) is 28.0. The highest BCUT2D eigenvalue weighted by atomic mass is 35.5. The monoisotopic (exact) mass is 506 g/mol. The SMILES string of the molecule is CC[C@@H](C(=O)NCC(C)C)N(Cc1c(Cl)cccc1Cl)C(=O)COc1ccc(C(C)(C)C)cc1. The number of nitrogens with one attached hydrogen (secondary N) is 1. The molecule has 186 valence electrons. The third-order valence-corrected chi connectivity index (χ3v) is 6.25. The van der Waals surface area contributed by atoms with Gasteiger partial charge >= 0.3 is 0 Å². The van der Waals surface area contributed by atoms with Crippen LogP contribution in [0, 0.1) is 5.92 Å². The molecule has 0 unspecified atom stereocenters. The van der Waals surface area contributed by atoms with E-state index >= 15 is 0 Å². The number of nitrogens with zero attached hydrogens (tertiary/aromatic N) is 1. The molecule has 0 aliphatic heterocycles. The van der Waals surface area contributed by atoms with Crippen LogP contribution in [0.1, 0.15) is 59.1 Å². The fourth-order valence-electron chi connectivity index (χ4n) is 3.47. The topological polar surface area (TPSA) is 58.6 Å². The van der Waals surface area contributed by atoms with Gasteiger partial charge in [-0.3, -0.25) is 9.59 Å². The molecule has 0 aromatic heterocycles. The van der Waals surface area contributed by atoms with E-state index in [9.17, 15) is 9.59 Å². The van der Waals surface area contributed by atoms with Gasteiger partial charge in [-0.15, -0.1) is 0 Å². The molecule has 7 heteroatoms. The number of hydrogen-bond acceptors (Lipinski definition) is 3. The van der Waals surface area contributed by atoms with Crippen LogP contribution >= 0.6 is 23.2 Å². The maximum absolute atomic E-state index is 13.3. The lowest BCUT2D eigenvalue weighted by atomic mass is 9.87. The zero-order valence-corrected chi connectivity index (χ0v) is 22.5. The summed E-state index contributed by atoms with van der Waals surface area (Å²) in [5, 5.41) is 3.83. The van der Waals surface area contributed by atoms with E-state index in [4.69, 9.17) is 27.9 Å². The summed E-state index contributed by atoms with van der Waals surface area (Å²) in [6.45, 7) is 12.8. The maximum atomic E-state index is 13.3. The molecule has 2 aromatic rings. The summed E-state index contributed by atoms with van der Waals surface area (Å²) in [7, 11) is 0. The number of benzene rings is 2. The van der Waals surface area contributed by atoms with Gasteiger partial charge in [-0.1, -0.05) is 82.9 Å². The van der Waals surface area contributed by atoms with Crippen molar-refractivity contribution in [3.63, 3.8) is 0 Å². The third-order valence-electron chi connectivity index (χ3n) is 5.54. The minimum Gasteiger partial charge on any atom is -0.484 e. The second-order valence-electron chi connectivity index (χ2n) is 9.85. The van der Waals surface area contributed by atoms with Crippen molar-refractivity contribution < 1.29 is 14.3 Å². The predicted octanol–water partition coefficient (Wildman–Crippen LogP) is 6.25. The van der Waals surface area contributed by atoms with E-state index in [2.05, 4.69) is 26.1 Å². The number of hydrogen-bond donors (Lipinski definition) is 1. The van der Waals surface area contributed by atoms with Crippen molar-refractivity contribution in [2.24, 2.45) is 5.92 Å². The average molecular weight is 508 g/mol. The van der Waals surface area contributed by atoms with Crippen molar-refractivity contribution in [2.75, 3.05) is 13.2 Å². The zero-order valence-electron chi connectivity index (χ0n) is 21.0. The predicted molar refractivity (Wildman–Crippen MR) is 140 cm³/mol. The van der Waals surface area contributed by atoms with Gasteiger partial charge in [0.1, 0.15) is 11.8 Å². The van der Waals surface area contributed by atoms with Gasteiger partial charge in [0.05, 0.1) is 0 Å². The minimum atomic E-state index is -0.676. The number of amides is 2. The highest BCUT2D eigenvalue weighted by Gasteiger charge is 2.30. The van der Waals surface area contributed by atoms with Crippen LogP contribution in [-0.2, 0) is 21.5 Å². The molecule has 0 radical (unpaired) electrons. The normalized spacial score (nSPS) is 12.4. The summed E-state index contributed by atoms with van der Waals surface area (Å²) < 4.78 is 5.80.